The van der Waals surface area contributed by atoms with Crippen LogP contribution in [0.2, 0.25) is 0 Å². The van der Waals surface area contributed by atoms with Gasteiger partial charge in [-0.25, -0.2) is 0 Å². The zero-order valence-corrected chi connectivity index (χ0v) is 23.7. The molecule has 1 unspecified atom stereocenters. The number of hydrogen-bond donors (Lipinski definition) is 2. The molecule has 4 heterocycles. The molecule has 3 aliphatic heterocycles. The standard InChI is InChI=1S/C30H46N2OS2/c1-3-5-7-9-11-13-19-31-25-26-27(30(31)35-23-17-18-24-35)28(33)32(20-14-12-10-8-6-4-2)29(26)34-21-15-16-22-34/h15-18,21-25,29,34-35H,3-14,19-20H2,1-2H3. The number of unbranched alkanes of at least 4 members (excludes halogenated alkanes) is 10. The Hall–Kier alpha value is -1.59. The van der Waals surface area contributed by atoms with Gasteiger partial charge in [0.15, 0.2) is 0 Å². The lowest BCUT2D eigenvalue weighted by Gasteiger charge is -2.31. The largest absolute Gasteiger partial charge is 0.343 e. The monoisotopic (exact) mass is 514 g/mol. The number of carbonyl (C=O) groups is 1. The summed E-state index contributed by atoms with van der Waals surface area (Å²) in [4.78, 5) is 16.2. The number of rotatable bonds is 16. The number of amides is 1. The molecule has 0 aromatic carbocycles. The highest BCUT2D eigenvalue weighted by Crippen LogP contribution is 2.58. The van der Waals surface area contributed by atoms with Crippen molar-refractivity contribution in [2.24, 2.45) is 0 Å². The summed E-state index contributed by atoms with van der Waals surface area (Å²) in [6.45, 7) is 6.47. The van der Waals surface area contributed by atoms with E-state index in [0.717, 1.165) is 25.1 Å². The number of fused-ring (bicyclic) bond motifs is 1. The van der Waals surface area contributed by atoms with E-state index in [9.17, 15) is 4.79 Å². The lowest BCUT2D eigenvalue weighted by atomic mass is 10.1. The van der Waals surface area contributed by atoms with E-state index in [1.54, 1.807) is 0 Å². The molecular weight excluding hydrogens is 468 g/mol. The molecule has 3 nitrogen and oxygen atoms in total. The van der Waals surface area contributed by atoms with Crippen LogP contribution >= 0.6 is 21.8 Å². The predicted octanol–water partition coefficient (Wildman–Crippen LogP) is 9.11. The van der Waals surface area contributed by atoms with Crippen molar-refractivity contribution in [3.05, 3.63) is 63.3 Å². The summed E-state index contributed by atoms with van der Waals surface area (Å²) in [6, 6.07) is 0. The first-order valence-electron chi connectivity index (χ1n) is 14.1. The second-order valence-corrected chi connectivity index (χ2v) is 13.9. The van der Waals surface area contributed by atoms with Gasteiger partial charge >= 0.3 is 0 Å². The SMILES string of the molecule is CCCCCCCCN1C(=O)c2c(cn(CCCCCCCC)c2[SH]2C=CC=C2)C1[SH]1C=CC=C1. The van der Waals surface area contributed by atoms with Gasteiger partial charge < -0.3 is 9.47 Å². The summed E-state index contributed by atoms with van der Waals surface area (Å²) in [5, 5.41) is 10.9. The molecule has 35 heavy (non-hydrogen) atoms. The summed E-state index contributed by atoms with van der Waals surface area (Å²) in [7, 11) is -0.993. The summed E-state index contributed by atoms with van der Waals surface area (Å²) < 4.78 is 2.47. The van der Waals surface area contributed by atoms with Gasteiger partial charge in [0.2, 0.25) is 0 Å². The number of allylic oxidation sites excluding steroid dienone is 4. The Balaban J connectivity index is 1.53. The molecule has 5 heteroatoms. The molecule has 0 saturated carbocycles. The Bertz CT molecular complexity index is 934. The molecule has 0 spiro atoms. The maximum atomic E-state index is 14.0. The number of carbonyl (C=O) groups excluding carboxylic acids is 1. The third-order valence-electron chi connectivity index (χ3n) is 7.39. The fraction of sp³-hybridized carbons (Fsp3) is 0.567. The Kier molecular flexibility index (Phi) is 10.3. The van der Waals surface area contributed by atoms with Gasteiger partial charge in [-0.15, -0.1) is 0 Å². The highest BCUT2D eigenvalue weighted by Gasteiger charge is 2.43. The maximum Gasteiger partial charge on any atom is 0.258 e. The van der Waals surface area contributed by atoms with Crippen LogP contribution in [0.15, 0.2) is 57.2 Å². The number of aryl methyl sites for hydroxylation is 1. The molecular formula is C30H46N2OS2. The van der Waals surface area contributed by atoms with Crippen LogP contribution in [0.5, 0.6) is 0 Å². The fourth-order valence-corrected chi connectivity index (χ4v) is 9.48. The normalized spacial score (nSPS) is 20.2. The first-order valence-corrected chi connectivity index (χ1v) is 17.1. The lowest BCUT2D eigenvalue weighted by Crippen LogP contribution is -2.29. The molecule has 0 saturated heterocycles. The minimum atomic E-state index is -0.531. The van der Waals surface area contributed by atoms with Crippen molar-refractivity contribution in [1.82, 2.24) is 9.47 Å². The zero-order valence-electron chi connectivity index (χ0n) is 21.9. The minimum Gasteiger partial charge on any atom is -0.343 e. The third-order valence-corrected chi connectivity index (χ3v) is 11.5. The second-order valence-electron chi connectivity index (χ2n) is 10.1. The number of thiol groups is 2. The van der Waals surface area contributed by atoms with Crippen LogP contribution in [-0.2, 0) is 6.54 Å². The summed E-state index contributed by atoms with van der Waals surface area (Å²) in [5.74, 6) is 0.294. The molecule has 0 N–H and O–H groups in total. The van der Waals surface area contributed by atoms with E-state index in [0.29, 0.717) is 5.91 Å². The van der Waals surface area contributed by atoms with Crippen LogP contribution in [0.25, 0.3) is 0 Å². The van der Waals surface area contributed by atoms with Crippen molar-refractivity contribution in [3.8, 4) is 0 Å². The van der Waals surface area contributed by atoms with E-state index >= 15 is 0 Å². The smallest absolute Gasteiger partial charge is 0.258 e. The van der Waals surface area contributed by atoms with Crippen molar-refractivity contribution in [2.45, 2.75) is 108 Å². The van der Waals surface area contributed by atoms with E-state index < -0.39 is 21.8 Å². The highest BCUT2D eigenvalue weighted by atomic mass is 32.2. The Morgan fingerprint density at radius 1 is 0.714 bits per heavy atom. The molecule has 0 radical (unpaired) electrons. The average Bonchev–Trinajstić information content (AvgIpc) is 3.65. The van der Waals surface area contributed by atoms with E-state index in [1.165, 1.54) is 81.2 Å². The van der Waals surface area contributed by atoms with Gasteiger partial charge in [0, 0.05) is 24.8 Å². The lowest BCUT2D eigenvalue weighted by molar-refractivity contribution is 0.0765. The van der Waals surface area contributed by atoms with Crippen LogP contribution in [0.3, 0.4) is 0 Å². The van der Waals surface area contributed by atoms with Crippen LogP contribution in [0, 0.1) is 0 Å². The third kappa shape index (κ3) is 6.40. The van der Waals surface area contributed by atoms with Gasteiger partial charge in [0.1, 0.15) is 0 Å². The fourth-order valence-electron chi connectivity index (χ4n) is 5.51. The topological polar surface area (TPSA) is 25.2 Å². The number of hydrogen-bond acceptors (Lipinski definition) is 1. The van der Waals surface area contributed by atoms with Crippen molar-refractivity contribution in [1.29, 1.82) is 0 Å². The van der Waals surface area contributed by atoms with Crippen molar-refractivity contribution in [3.63, 3.8) is 0 Å². The van der Waals surface area contributed by atoms with Crippen molar-refractivity contribution in [2.75, 3.05) is 6.54 Å². The molecule has 1 amide bonds. The van der Waals surface area contributed by atoms with E-state index in [4.69, 9.17) is 0 Å². The molecule has 1 aromatic heterocycles. The molecule has 1 atom stereocenters. The summed E-state index contributed by atoms with van der Waals surface area (Å²) in [5.41, 5.74) is 2.35. The molecule has 0 aliphatic carbocycles. The number of aromatic nitrogens is 1. The van der Waals surface area contributed by atoms with Crippen LogP contribution in [-0.4, -0.2) is 21.9 Å². The van der Waals surface area contributed by atoms with Gasteiger partial charge in [0.05, 0.1) is 16.0 Å². The van der Waals surface area contributed by atoms with Crippen molar-refractivity contribution < 1.29 is 4.79 Å². The van der Waals surface area contributed by atoms with Crippen LogP contribution in [0.1, 0.15) is 112 Å². The van der Waals surface area contributed by atoms with Gasteiger partial charge in [-0.1, -0.05) is 102 Å². The van der Waals surface area contributed by atoms with Crippen LogP contribution < -0.4 is 0 Å². The summed E-state index contributed by atoms with van der Waals surface area (Å²) in [6.07, 6.45) is 26.4. The highest BCUT2D eigenvalue weighted by molar-refractivity contribution is 8.22. The quantitative estimate of drug-likeness (QED) is 0.167. The minimum absolute atomic E-state index is 0.216. The van der Waals surface area contributed by atoms with Gasteiger partial charge in [0.25, 0.3) is 5.91 Å². The van der Waals surface area contributed by atoms with Crippen LogP contribution in [0.4, 0.5) is 0 Å². The van der Waals surface area contributed by atoms with Crippen molar-refractivity contribution >= 4 is 27.7 Å². The molecule has 4 rings (SSSR count). The van der Waals surface area contributed by atoms with Gasteiger partial charge in [-0.3, -0.25) is 4.79 Å². The molecule has 0 bridgehead atoms. The molecule has 1 aromatic rings. The average molecular weight is 515 g/mol. The van der Waals surface area contributed by atoms with E-state index in [-0.39, 0.29) is 5.37 Å². The zero-order chi connectivity index (χ0) is 24.5. The first-order chi connectivity index (χ1) is 17.3. The predicted molar refractivity (Wildman–Crippen MR) is 158 cm³/mol. The second kappa shape index (κ2) is 13.6. The van der Waals surface area contributed by atoms with E-state index in [2.05, 4.69) is 75.4 Å². The Morgan fingerprint density at radius 3 is 1.89 bits per heavy atom. The molecule has 3 aliphatic rings. The first kappa shape index (κ1) is 26.5. The van der Waals surface area contributed by atoms with Gasteiger partial charge in [-0.2, -0.15) is 21.8 Å². The number of nitrogens with zero attached hydrogens (tertiary/aromatic N) is 2. The Labute approximate surface area is 219 Å². The maximum absolute atomic E-state index is 14.0. The molecule has 194 valence electrons. The van der Waals surface area contributed by atoms with Gasteiger partial charge in [-0.05, 0) is 34.5 Å². The summed E-state index contributed by atoms with van der Waals surface area (Å²) >= 11 is 0. The van der Waals surface area contributed by atoms with E-state index in [1.807, 2.05) is 0 Å². The Morgan fingerprint density at radius 2 is 1.26 bits per heavy atom. The molecule has 0 fully saturated rings.